The van der Waals surface area contributed by atoms with Crippen molar-refractivity contribution in [2.75, 3.05) is 11.9 Å². The Labute approximate surface area is 167 Å². The average molecular weight is 387 g/mol. The highest BCUT2D eigenvalue weighted by Gasteiger charge is 2.24. The summed E-state index contributed by atoms with van der Waals surface area (Å²) in [5.41, 5.74) is 7.16. The van der Waals surface area contributed by atoms with Gasteiger partial charge < -0.3 is 15.6 Å². The fourth-order valence-electron chi connectivity index (χ4n) is 4.09. The van der Waals surface area contributed by atoms with Gasteiger partial charge in [-0.15, -0.1) is 0 Å². The standard InChI is InChI=1S/C22H21N5O2/c28-21-15-10-14(25-22(29)17-8-4-5-9-23-17)11-18-19(15)16(12-24-27-21)20(26-18)13-6-2-1-3-7-13/h1-3,6-7,10-12,17,23,26H,4-5,8-9H2,(H,25,29)(H,27,28)/t17-/m0/s1. The normalized spacial score (nSPS) is 18.3. The van der Waals surface area contributed by atoms with Crippen LogP contribution in [-0.4, -0.2) is 35.6 Å². The van der Waals surface area contributed by atoms with Crippen LogP contribution in [0, 0.1) is 0 Å². The molecule has 0 aliphatic carbocycles. The van der Waals surface area contributed by atoms with Gasteiger partial charge in [-0.2, -0.15) is 5.10 Å². The summed E-state index contributed by atoms with van der Waals surface area (Å²) >= 11 is 0. The number of H-pyrrole nitrogens is 1. The Morgan fingerprint density at radius 3 is 2.79 bits per heavy atom. The van der Waals surface area contributed by atoms with Gasteiger partial charge in [0.25, 0.3) is 5.91 Å². The lowest BCUT2D eigenvalue weighted by Gasteiger charge is -2.22. The number of piperidine rings is 1. The fraction of sp³-hybridized carbons (Fsp3) is 0.227. The van der Waals surface area contributed by atoms with Crippen molar-refractivity contribution in [3.8, 4) is 11.3 Å². The molecule has 1 atom stereocenters. The van der Waals surface area contributed by atoms with E-state index in [1.807, 2.05) is 36.4 Å². The molecular weight excluding hydrogens is 366 g/mol. The van der Waals surface area contributed by atoms with Gasteiger partial charge >= 0.3 is 0 Å². The number of hydrogen-bond donors (Lipinski definition) is 4. The van der Waals surface area contributed by atoms with Crippen molar-refractivity contribution in [3.63, 3.8) is 0 Å². The van der Waals surface area contributed by atoms with Crippen LogP contribution in [0.25, 0.3) is 22.2 Å². The molecule has 0 radical (unpaired) electrons. The summed E-state index contributed by atoms with van der Waals surface area (Å²) in [6, 6.07) is 13.3. The first-order chi connectivity index (χ1) is 14.2. The number of aromatic nitrogens is 1. The predicted octanol–water partition coefficient (Wildman–Crippen LogP) is 2.99. The second kappa shape index (κ2) is 7.18. The van der Waals surface area contributed by atoms with Gasteiger partial charge in [-0.25, -0.2) is 5.43 Å². The minimum atomic E-state index is -0.296. The number of hydrogen-bond acceptors (Lipinski definition) is 4. The Bertz CT molecular complexity index is 1130. The number of nitrogens with one attached hydrogen (secondary N) is 4. The van der Waals surface area contributed by atoms with E-state index < -0.39 is 0 Å². The van der Waals surface area contributed by atoms with E-state index >= 15 is 0 Å². The van der Waals surface area contributed by atoms with Crippen molar-refractivity contribution in [2.45, 2.75) is 25.3 Å². The SMILES string of the molecule is O=C1NN=Cc2c(-c3ccccc3)[nH]c3cc(NC(=O)[C@@H]4CCCCN4)cc1c23. The first-order valence-electron chi connectivity index (χ1n) is 9.83. The number of aromatic amines is 1. The molecule has 7 heteroatoms. The minimum Gasteiger partial charge on any atom is -0.354 e. The second-order valence-corrected chi connectivity index (χ2v) is 7.42. The van der Waals surface area contributed by atoms with E-state index in [0.717, 1.165) is 53.5 Å². The van der Waals surface area contributed by atoms with E-state index in [2.05, 4.69) is 26.1 Å². The molecular formula is C22H21N5O2. The van der Waals surface area contributed by atoms with Gasteiger partial charge in [0, 0.05) is 22.2 Å². The molecule has 0 unspecified atom stereocenters. The molecule has 7 nitrogen and oxygen atoms in total. The molecule has 0 bridgehead atoms. The van der Waals surface area contributed by atoms with Crippen molar-refractivity contribution in [1.29, 1.82) is 0 Å². The predicted molar refractivity (Wildman–Crippen MR) is 113 cm³/mol. The van der Waals surface area contributed by atoms with Crippen LogP contribution in [0.4, 0.5) is 5.69 Å². The van der Waals surface area contributed by atoms with Crippen molar-refractivity contribution in [1.82, 2.24) is 15.7 Å². The van der Waals surface area contributed by atoms with E-state index in [4.69, 9.17) is 0 Å². The highest BCUT2D eigenvalue weighted by molar-refractivity contribution is 6.18. The van der Waals surface area contributed by atoms with Gasteiger partial charge in [0.05, 0.1) is 23.5 Å². The third-order valence-corrected chi connectivity index (χ3v) is 5.50. The van der Waals surface area contributed by atoms with Gasteiger partial charge in [0.1, 0.15) is 0 Å². The molecule has 0 saturated carbocycles. The molecule has 3 heterocycles. The van der Waals surface area contributed by atoms with Gasteiger partial charge in [-0.3, -0.25) is 9.59 Å². The first-order valence-corrected chi connectivity index (χ1v) is 9.83. The van der Waals surface area contributed by atoms with Crippen molar-refractivity contribution in [3.05, 3.63) is 53.6 Å². The number of carbonyl (C=O) groups is 2. The van der Waals surface area contributed by atoms with Crippen LogP contribution in [0.5, 0.6) is 0 Å². The summed E-state index contributed by atoms with van der Waals surface area (Å²) in [5, 5.41) is 11.1. The molecule has 3 aromatic rings. The summed E-state index contributed by atoms with van der Waals surface area (Å²) in [6.45, 7) is 0.850. The molecule has 2 aliphatic rings. The molecule has 1 fully saturated rings. The molecule has 5 rings (SSSR count). The smallest absolute Gasteiger partial charge is 0.272 e. The van der Waals surface area contributed by atoms with E-state index in [1.54, 1.807) is 12.3 Å². The maximum atomic E-state index is 12.7. The van der Waals surface area contributed by atoms with Crippen LogP contribution < -0.4 is 16.1 Å². The summed E-state index contributed by atoms with van der Waals surface area (Å²) in [4.78, 5) is 28.7. The van der Waals surface area contributed by atoms with Crippen LogP contribution in [0.3, 0.4) is 0 Å². The zero-order valence-electron chi connectivity index (χ0n) is 15.8. The first kappa shape index (κ1) is 17.6. The Kier molecular flexibility index (Phi) is 4.37. The lowest BCUT2D eigenvalue weighted by molar-refractivity contribution is -0.118. The van der Waals surface area contributed by atoms with Crippen LogP contribution in [-0.2, 0) is 4.79 Å². The second-order valence-electron chi connectivity index (χ2n) is 7.42. The molecule has 1 aromatic heterocycles. The maximum absolute atomic E-state index is 12.7. The fourth-order valence-corrected chi connectivity index (χ4v) is 4.09. The summed E-state index contributed by atoms with van der Waals surface area (Å²) < 4.78 is 0. The largest absolute Gasteiger partial charge is 0.354 e. The minimum absolute atomic E-state index is 0.0726. The van der Waals surface area contributed by atoms with Gasteiger partial charge in [0.15, 0.2) is 0 Å². The van der Waals surface area contributed by atoms with Crippen LogP contribution >= 0.6 is 0 Å². The van der Waals surface area contributed by atoms with E-state index in [9.17, 15) is 9.59 Å². The van der Waals surface area contributed by atoms with Crippen LogP contribution in [0.15, 0.2) is 47.6 Å². The lowest BCUT2D eigenvalue weighted by Crippen LogP contribution is -2.43. The number of anilines is 1. The van der Waals surface area contributed by atoms with E-state index in [1.165, 1.54) is 0 Å². The molecule has 4 N–H and O–H groups in total. The molecule has 29 heavy (non-hydrogen) atoms. The van der Waals surface area contributed by atoms with Gasteiger partial charge in [-0.05, 0) is 37.1 Å². The van der Waals surface area contributed by atoms with Gasteiger partial charge in [0.2, 0.25) is 5.91 Å². The Morgan fingerprint density at radius 2 is 2.00 bits per heavy atom. The van der Waals surface area contributed by atoms with Crippen molar-refractivity contribution in [2.24, 2.45) is 5.10 Å². The molecule has 0 spiro atoms. The number of benzene rings is 2. The maximum Gasteiger partial charge on any atom is 0.272 e. The number of amides is 2. The highest BCUT2D eigenvalue weighted by atomic mass is 16.2. The molecule has 2 aliphatic heterocycles. The van der Waals surface area contributed by atoms with E-state index in [-0.39, 0.29) is 17.9 Å². The van der Waals surface area contributed by atoms with Gasteiger partial charge in [-0.1, -0.05) is 36.8 Å². The molecule has 146 valence electrons. The Hall–Kier alpha value is -3.45. The van der Waals surface area contributed by atoms with Crippen LogP contribution in [0.2, 0.25) is 0 Å². The number of nitrogens with zero attached hydrogens (tertiary/aromatic N) is 1. The molecule has 2 aromatic carbocycles. The highest BCUT2D eigenvalue weighted by Crippen LogP contribution is 2.34. The monoisotopic (exact) mass is 387 g/mol. The molecule has 1 saturated heterocycles. The van der Waals surface area contributed by atoms with E-state index in [0.29, 0.717) is 11.3 Å². The number of rotatable bonds is 3. The summed E-state index contributed by atoms with van der Waals surface area (Å²) in [7, 11) is 0. The molecule has 2 amide bonds. The number of carbonyl (C=O) groups excluding carboxylic acids is 2. The summed E-state index contributed by atoms with van der Waals surface area (Å²) in [5.74, 6) is -0.368. The van der Waals surface area contributed by atoms with Crippen molar-refractivity contribution >= 4 is 34.6 Å². The summed E-state index contributed by atoms with van der Waals surface area (Å²) in [6.07, 6.45) is 4.61. The zero-order valence-corrected chi connectivity index (χ0v) is 15.8. The quantitative estimate of drug-likeness (QED) is 0.556. The Balaban J connectivity index is 1.59. The van der Waals surface area contributed by atoms with Crippen LogP contribution in [0.1, 0.15) is 35.2 Å². The van der Waals surface area contributed by atoms with Crippen molar-refractivity contribution < 1.29 is 9.59 Å². The lowest BCUT2D eigenvalue weighted by atomic mass is 10.0. The topological polar surface area (TPSA) is 98.4 Å². The Morgan fingerprint density at radius 1 is 1.14 bits per heavy atom. The number of hydrazone groups is 1. The zero-order chi connectivity index (χ0) is 19.8. The average Bonchev–Trinajstić information content (AvgIpc) is 3.03. The third-order valence-electron chi connectivity index (χ3n) is 5.50. The third kappa shape index (κ3) is 3.19.